The quantitative estimate of drug-likeness (QED) is 0.615. The number of carbonyl (C=O) groups is 2. The molecule has 1 aromatic carbocycles. The van der Waals surface area contributed by atoms with Crippen molar-refractivity contribution in [3.63, 3.8) is 0 Å². The van der Waals surface area contributed by atoms with Crippen molar-refractivity contribution in [1.82, 2.24) is 9.80 Å². The summed E-state index contributed by atoms with van der Waals surface area (Å²) in [6.45, 7) is 0.658. The van der Waals surface area contributed by atoms with Crippen LogP contribution in [0.25, 0.3) is 0 Å². The molecule has 98 valence electrons. The Balaban J connectivity index is 2.24. The van der Waals surface area contributed by atoms with Crippen LogP contribution in [-0.4, -0.2) is 41.9 Å². The lowest BCUT2D eigenvalue weighted by atomic mass is 10.1. The van der Waals surface area contributed by atoms with E-state index in [0.717, 1.165) is 11.1 Å². The van der Waals surface area contributed by atoms with Crippen molar-refractivity contribution in [2.24, 2.45) is 5.73 Å². The average molecular weight is 257 g/mol. The summed E-state index contributed by atoms with van der Waals surface area (Å²) in [5.74, 6) is 5.54. The van der Waals surface area contributed by atoms with E-state index in [1.165, 1.54) is 9.80 Å². The van der Waals surface area contributed by atoms with Gasteiger partial charge in [0.1, 0.15) is 6.54 Å². The zero-order valence-corrected chi connectivity index (χ0v) is 10.7. The number of rotatable bonds is 2. The van der Waals surface area contributed by atoms with Crippen molar-refractivity contribution < 1.29 is 9.59 Å². The molecule has 0 aromatic heterocycles. The molecule has 1 fully saturated rings. The SMILES string of the molecule is CN1CC(=O)N(Cc2ccccc2C#CCN)C1=O. The first kappa shape index (κ1) is 13.1. The van der Waals surface area contributed by atoms with E-state index in [-0.39, 0.29) is 31.6 Å². The monoisotopic (exact) mass is 257 g/mol. The molecule has 1 heterocycles. The minimum absolute atomic E-state index is 0.134. The molecule has 0 radical (unpaired) electrons. The Morgan fingerprint density at radius 3 is 2.68 bits per heavy atom. The van der Waals surface area contributed by atoms with Crippen molar-refractivity contribution in [3.05, 3.63) is 35.4 Å². The Bertz CT molecular complexity index is 572. The highest BCUT2D eigenvalue weighted by atomic mass is 16.2. The van der Waals surface area contributed by atoms with Gasteiger partial charge >= 0.3 is 6.03 Å². The molecule has 2 rings (SSSR count). The summed E-state index contributed by atoms with van der Waals surface area (Å²) in [4.78, 5) is 26.2. The third kappa shape index (κ3) is 2.75. The molecule has 0 atom stereocenters. The van der Waals surface area contributed by atoms with E-state index in [2.05, 4.69) is 11.8 Å². The molecule has 1 saturated heterocycles. The van der Waals surface area contributed by atoms with Crippen molar-refractivity contribution in [3.8, 4) is 11.8 Å². The van der Waals surface area contributed by atoms with Gasteiger partial charge in [-0.25, -0.2) is 4.79 Å². The van der Waals surface area contributed by atoms with Crippen molar-refractivity contribution in [2.45, 2.75) is 6.54 Å². The highest BCUT2D eigenvalue weighted by Gasteiger charge is 2.33. The molecule has 0 aliphatic carbocycles. The van der Waals surface area contributed by atoms with Gasteiger partial charge in [0.05, 0.1) is 13.1 Å². The van der Waals surface area contributed by atoms with E-state index >= 15 is 0 Å². The predicted molar refractivity (Wildman–Crippen MR) is 71.0 cm³/mol. The number of amides is 3. The zero-order valence-electron chi connectivity index (χ0n) is 10.7. The fraction of sp³-hybridized carbons (Fsp3) is 0.286. The molecule has 2 N–H and O–H groups in total. The summed E-state index contributed by atoms with van der Waals surface area (Å²) in [5, 5.41) is 0. The number of urea groups is 1. The zero-order chi connectivity index (χ0) is 13.8. The van der Waals surface area contributed by atoms with Crippen molar-refractivity contribution >= 4 is 11.9 Å². The summed E-state index contributed by atoms with van der Waals surface area (Å²) in [6.07, 6.45) is 0. The molecule has 1 aromatic rings. The minimum Gasteiger partial charge on any atom is -0.320 e. The molecular formula is C14H15N3O2. The van der Waals surface area contributed by atoms with E-state index in [1.54, 1.807) is 7.05 Å². The molecule has 5 heteroatoms. The Kier molecular flexibility index (Phi) is 3.83. The topological polar surface area (TPSA) is 66.6 Å². The van der Waals surface area contributed by atoms with Crippen LogP contribution in [-0.2, 0) is 11.3 Å². The van der Waals surface area contributed by atoms with Gasteiger partial charge < -0.3 is 10.6 Å². The smallest absolute Gasteiger partial charge is 0.320 e. The number of hydrogen-bond donors (Lipinski definition) is 1. The lowest BCUT2D eigenvalue weighted by molar-refractivity contribution is -0.125. The first-order valence-corrected chi connectivity index (χ1v) is 5.95. The standard InChI is InChI=1S/C14H15N3O2/c1-16-10-13(18)17(14(16)19)9-12-6-3-2-5-11(12)7-4-8-15/h2-3,5-6H,8-10,15H2,1H3. The van der Waals surface area contributed by atoms with Crippen LogP contribution < -0.4 is 5.73 Å². The maximum Gasteiger partial charge on any atom is 0.327 e. The number of nitrogens with two attached hydrogens (primary N) is 1. The van der Waals surface area contributed by atoms with Crippen LogP contribution in [0.5, 0.6) is 0 Å². The number of imide groups is 1. The lowest BCUT2D eigenvalue weighted by Gasteiger charge is -2.15. The van der Waals surface area contributed by atoms with E-state index in [1.807, 2.05) is 24.3 Å². The van der Waals surface area contributed by atoms with Gasteiger partial charge in [-0.15, -0.1) is 0 Å². The summed E-state index contributed by atoms with van der Waals surface area (Å²) in [5.41, 5.74) is 7.00. The number of carbonyl (C=O) groups excluding carboxylic acids is 2. The van der Waals surface area contributed by atoms with Gasteiger partial charge in [-0.2, -0.15) is 0 Å². The number of likely N-dealkylation sites (N-methyl/N-ethyl adjacent to an activating group) is 1. The third-order valence-corrected chi connectivity index (χ3v) is 2.90. The normalized spacial score (nSPS) is 14.6. The second kappa shape index (κ2) is 5.55. The van der Waals surface area contributed by atoms with Gasteiger partial charge in [0.2, 0.25) is 0 Å². The fourth-order valence-electron chi connectivity index (χ4n) is 1.92. The first-order valence-electron chi connectivity index (χ1n) is 5.95. The van der Waals surface area contributed by atoms with Gasteiger partial charge in [0.25, 0.3) is 5.91 Å². The summed E-state index contributed by atoms with van der Waals surface area (Å²) < 4.78 is 0. The first-order chi connectivity index (χ1) is 9.13. The molecule has 1 aliphatic rings. The average Bonchev–Trinajstić information content (AvgIpc) is 2.64. The van der Waals surface area contributed by atoms with Gasteiger partial charge in [-0.3, -0.25) is 9.69 Å². The Hall–Kier alpha value is -2.32. The number of hydrogen-bond acceptors (Lipinski definition) is 3. The molecule has 0 saturated carbocycles. The molecule has 0 unspecified atom stereocenters. The van der Waals surface area contributed by atoms with E-state index in [4.69, 9.17) is 5.73 Å². The van der Waals surface area contributed by atoms with Gasteiger partial charge in [0.15, 0.2) is 0 Å². The summed E-state index contributed by atoms with van der Waals surface area (Å²) >= 11 is 0. The van der Waals surface area contributed by atoms with Crippen LogP contribution in [0.3, 0.4) is 0 Å². The van der Waals surface area contributed by atoms with E-state index < -0.39 is 0 Å². The van der Waals surface area contributed by atoms with Crippen LogP contribution in [0.15, 0.2) is 24.3 Å². The minimum atomic E-state index is -0.272. The number of benzene rings is 1. The van der Waals surface area contributed by atoms with Crippen molar-refractivity contribution in [2.75, 3.05) is 20.1 Å². The molecular weight excluding hydrogens is 242 g/mol. The molecule has 0 spiro atoms. The van der Waals surface area contributed by atoms with E-state index in [9.17, 15) is 9.59 Å². The highest BCUT2D eigenvalue weighted by molar-refractivity contribution is 6.01. The second-order valence-corrected chi connectivity index (χ2v) is 4.28. The molecule has 19 heavy (non-hydrogen) atoms. The Morgan fingerprint density at radius 1 is 1.32 bits per heavy atom. The Morgan fingerprint density at radius 2 is 2.05 bits per heavy atom. The van der Waals surface area contributed by atoms with Gasteiger partial charge in [-0.1, -0.05) is 30.0 Å². The van der Waals surface area contributed by atoms with E-state index in [0.29, 0.717) is 0 Å². The summed E-state index contributed by atoms with van der Waals surface area (Å²) in [6, 6.07) is 7.17. The maximum absolute atomic E-state index is 11.8. The van der Waals surface area contributed by atoms with Crippen LogP contribution in [0.1, 0.15) is 11.1 Å². The Labute approximate surface area is 112 Å². The van der Waals surface area contributed by atoms with Gasteiger partial charge in [0, 0.05) is 12.6 Å². The fourth-order valence-corrected chi connectivity index (χ4v) is 1.92. The second-order valence-electron chi connectivity index (χ2n) is 4.28. The lowest BCUT2D eigenvalue weighted by Crippen LogP contribution is -2.31. The third-order valence-electron chi connectivity index (χ3n) is 2.90. The highest BCUT2D eigenvalue weighted by Crippen LogP contribution is 2.15. The maximum atomic E-state index is 11.8. The molecule has 1 aliphatic heterocycles. The molecule has 5 nitrogen and oxygen atoms in total. The molecule has 0 bridgehead atoms. The van der Waals surface area contributed by atoms with Crippen molar-refractivity contribution in [1.29, 1.82) is 0 Å². The predicted octanol–water partition coefficient (Wildman–Crippen LogP) is 0.391. The number of nitrogens with zero attached hydrogens (tertiary/aromatic N) is 2. The summed E-state index contributed by atoms with van der Waals surface area (Å²) in [7, 11) is 1.61. The van der Waals surface area contributed by atoms with Crippen LogP contribution >= 0.6 is 0 Å². The largest absolute Gasteiger partial charge is 0.327 e. The van der Waals surface area contributed by atoms with Crippen LogP contribution in [0.2, 0.25) is 0 Å². The van der Waals surface area contributed by atoms with Crippen LogP contribution in [0, 0.1) is 11.8 Å². The van der Waals surface area contributed by atoms with Gasteiger partial charge in [-0.05, 0) is 11.6 Å². The van der Waals surface area contributed by atoms with Crippen LogP contribution in [0.4, 0.5) is 4.79 Å². The molecule has 3 amide bonds.